The smallest absolute Gasteiger partial charge is 0.305 e. The minimum atomic E-state index is -1.55. The van der Waals surface area contributed by atoms with Gasteiger partial charge in [-0.1, -0.05) is 80.3 Å². The highest BCUT2D eigenvalue weighted by Gasteiger charge is 2.21. The first kappa shape index (κ1) is 23.8. The van der Waals surface area contributed by atoms with Gasteiger partial charge in [0.05, 0.1) is 6.61 Å². The van der Waals surface area contributed by atoms with Crippen molar-refractivity contribution in [1.29, 1.82) is 0 Å². The predicted molar refractivity (Wildman–Crippen MR) is 98.7 cm³/mol. The average Bonchev–Trinajstić information content (AvgIpc) is 2.51. The Hall–Kier alpha value is -0.190. The van der Waals surface area contributed by atoms with Crippen LogP contribution >= 0.6 is 34.8 Å². The molecular formula is C17H29Cl3O4. The van der Waals surface area contributed by atoms with Gasteiger partial charge >= 0.3 is 11.9 Å². The molecule has 0 rings (SSSR count). The van der Waals surface area contributed by atoms with Crippen LogP contribution < -0.4 is 0 Å². The molecule has 0 atom stereocenters. The lowest BCUT2D eigenvalue weighted by atomic mass is 10.1. The molecule has 0 aromatic carbocycles. The van der Waals surface area contributed by atoms with Crippen LogP contribution in [0.2, 0.25) is 0 Å². The van der Waals surface area contributed by atoms with Gasteiger partial charge in [-0.15, -0.1) is 0 Å². The van der Waals surface area contributed by atoms with Crippen molar-refractivity contribution in [1.82, 2.24) is 0 Å². The topological polar surface area (TPSA) is 52.6 Å². The van der Waals surface area contributed by atoms with Gasteiger partial charge in [-0.2, -0.15) is 0 Å². The van der Waals surface area contributed by atoms with Crippen LogP contribution in [0.5, 0.6) is 0 Å². The van der Waals surface area contributed by atoms with Crippen molar-refractivity contribution in [2.45, 2.75) is 81.3 Å². The molecule has 0 aliphatic rings. The fourth-order valence-electron chi connectivity index (χ4n) is 2.09. The summed E-state index contributed by atoms with van der Waals surface area (Å²) in [5.74, 6) is -0.435. The third kappa shape index (κ3) is 18.2. The van der Waals surface area contributed by atoms with Gasteiger partial charge in [0.2, 0.25) is 3.79 Å². The number of alkyl halides is 3. The second-order valence-electron chi connectivity index (χ2n) is 5.82. The van der Waals surface area contributed by atoms with Crippen molar-refractivity contribution in [2.75, 3.05) is 13.2 Å². The Kier molecular flexibility index (Phi) is 15.0. The van der Waals surface area contributed by atoms with E-state index in [0.717, 1.165) is 57.8 Å². The molecule has 0 spiro atoms. The van der Waals surface area contributed by atoms with Crippen LogP contribution in [-0.4, -0.2) is 28.9 Å². The lowest BCUT2D eigenvalue weighted by molar-refractivity contribution is -0.144. The Bertz CT molecular complexity index is 343. The number of esters is 2. The van der Waals surface area contributed by atoms with E-state index in [0.29, 0.717) is 19.4 Å². The highest BCUT2D eigenvalue weighted by Crippen LogP contribution is 2.26. The molecule has 0 aromatic rings. The molecule has 0 aromatic heterocycles. The van der Waals surface area contributed by atoms with Crippen molar-refractivity contribution in [3.63, 3.8) is 0 Å². The fourth-order valence-corrected chi connectivity index (χ4v) is 2.25. The summed E-state index contributed by atoms with van der Waals surface area (Å²) in [7, 11) is 0. The second-order valence-corrected chi connectivity index (χ2v) is 8.34. The molecule has 0 amide bonds. The molecule has 0 N–H and O–H groups in total. The van der Waals surface area contributed by atoms with Crippen LogP contribution in [0, 0.1) is 0 Å². The molecular weight excluding hydrogens is 375 g/mol. The van der Waals surface area contributed by atoms with E-state index in [1.54, 1.807) is 0 Å². The highest BCUT2D eigenvalue weighted by molar-refractivity contribution is 6.67. The molecule has 0 bridgehead atoms. The SMILES string of the molecule is CCCCCOC(=O)CCCCCCCCC(=O)OCC(Cl)(Cl)Cl. The third-order valence-electron chi connectivity index (χ3n) is 3.42. The minimum absolute atomic E-state index is 0.0946. The summed E-state index contributed by atoms with van der Waals surface area (Å²) in [4.78, 5) is 22.8. The van der Waals surface area contributed by atoms with Crippen LogP contribution in [-0.2, 0) is 19.1 Å². The first-order chi connectivity index (χ1) is 11.3. The second kappa shape index (κ2) is 15.1. The lowest BCUT2D eigenvalue weighted by Crippen LogP contribution is -2.17. The molecule has 0 saturated heterocycles. The number of hydrogen-bond donors (Lipinski definition) is 0. The van der Waals surface area contributed by atoms with Gasteiger partial charge in [0.1, 0.15) is 6.61 Å². The Morgan fingerprint density at radius 2 is 1.25 bits per heavy atom. The standard InChI is InChI=1S/C17H29Cl3O4/c1-2-3-10-13-23-15(21)11-8-6-4-5-7-9-12-16(22)24-14-17(18,19)20/h2-14H2,1H3. The molecule has 0 aliphatic heterocycles. The zero-order chi connectivity index (χ0) is 18.3. The number of hydrogen-bond acceptors (Lipinski definition) is 4. The zero-order valence-electron chi connectivity index (χ0n) is 14.5. The van der Waals surface area contributed by atoms with Crippen LogP contribution in [0.15, 0.2) is 0 Å². The monoisotopic (exact) mass is 402 g/mol. The van der Waals surface area contributed by atoms with E-state index in [2.05, 4.69) is 6.92 Å². The van der Waals surface area contributed by atoms with E-state index in [9.17, 15) is 9.59 Å². The summed E-state index contributed by atoms with van der Waals surface area (Å²) in [5.41, 5.74) is 0. The zero-order valence-corrected chi connectivity index (χ0v) is 16.7. The van der Waals surface area contributed by atoms with Crippen LogP contribution in [0.3, 0.4) is 0 Å². The molecule has 0 radical (unpaired) electrons. The number of halogens is 3. The first-order valence-corrected chi connectivity index (χ1v) is 9.86. The van der Waals surface area contributed by atoms with Gasteiger partial charge in [0, 0.05) is 12.8 Å². The number of carbonyl (C=O) groups excluding carboxylic acids is 2. The normalized spacial score (nSPS) is 11.3. The first-order valence-electron chi connectivity index (χ1n) is 8.73. The van der Waals surface area contributed by atoms with E-state index >= 15 is 0 Å². The van der Waals surface area contributed by atoms with Crippen LogP contribution in [0.1, 0.15) is 77.6 Å². The van der Waals surface area contributed by atoms with E-state index in [-0.39, 0.29) is 18.5 Å². The molecule has 142 valence electrons. The molecule has 0 fully saturated rings. The maximum Gasteiger partial charge on any atom is 0.305 e. The van der Waals surface area contributed by atoms with Gasteiger partial charge in [0.15, 0.2) is 0 Å². The average molecular weight is 404 g/mol. The van der Waals surface area contributed by atoms with Crippen LogP contribution in [0.4, 0.5) is 0 Å². The predicted octanol–water partition coefficient (Wildman–Crippen LogP) is 5.75. The van der Waals surface area contributed by atoms with Crippen LogP contribution in [0.25, 0.3) is 0 Å². The summed E-state index contributed by atoms with van der Waals surface area (Å²) in [6.45, 7) is 2.45. The van der Waals surface area contributed by atoms with E-state index < -0.39 is 3.79 Å². The van der Waals surface area contributed by atoms with Gasteiger partial charge in [0.25, 0.3) is 0 Å². The minimum Gasteiger partial charge on any atom is -0.466 e. The van der Waals surface area contributed by atoms with Gasteiger partial charge in [-0.3, -0.25) is 9.59 Å². The third-order valence-corrected chi connectivity index (χ3v) is 3.75. The van der Waals surface area contributed by atoms with Crippen molar-refractivity contribution in [2.24, 2.45) is 0 Å². The summed E-state index contributed by atoms with van der Waals surface area (Å²) in [6, 6.07) is 0. The number of rotatable bonds is 14. The summed E-state index contributed by atoms with van der Waals surface area (Å²) >= 11 is 16.5. The molecule has 0 aliphatic carbocycles. The van der Waals surface area contributed by atoms with E-state index in [4.69, 9.17) is 44.3 Å². The number of carbonyl (C=O) groups is 2. The Morgan fingerprint density at radius 1 is 0.750 bits per heavy atom. The summed E-state index contributed by atoms with van der Waals surface area (Å²) in [5, 5.41) is 0. The molecule has 7 heteroatoms. The van der Waals surface area contributed by atoms with E-state index in [1.807, 2.05) is 0 Å². The molecule has 24 heavy (non-hydrogen) atoms. The van der Waals surface area contributed by atoms with E-state index in [1.165, 1.54) is 0 Å². The van der Waals surface area contributed by atoms with Gasteiger partial charge in [-0.25, -0.2) is 0 Å². The molecule has 4 nitrogen and oxygen atoms in total. The maximum atomic E-state index is 11.4. The molecule has 0 heterocycles. The lowest BCUT2D eigenvalue weighted by Gasteiger charge is -2.11. The summed E-state index contributed by atoms with van der Waals surface area (Å²) in [6.07, 6.45) is 9.66. The van der Waals surface area contributed by atoms with Crippen molar-refractivity contribution in [3.05, 3.63) is 0 Å². The highest BCUT2D eigenvalue weighted by atomic mass is 35.6. The number of ether oxygens (including phenoxy) is 2. The number of unbranched alkanes of at least 4 members (excludes halogenated alkanes) is 7. The molecule has 0 saturated carbocycles. The van der Waals surface area contributed by atoms with Gasteiger partial charge in [-0.05, 0) is 19.3 Å². The Morgan fingerprint density at radius 3 is 1.75 bits per heavy atom. The Labute approximate surface area is 160 Å². The van der Waals surface area contributed by atoms with Crippen molar-refractivity contribution in [3.8, 4) is 0 Å². The largest absolute Gasteiger partial charge is 0.466 e. The Balaban J connectivity index is 3.33. The van der Waals surface area contributed by atoms with Crippen molar-refractivity contribution >= 4 is 46.7 Å². The fraction of sp³-hybridized carbons (Fsp3) is 0.882. The van der Waals surface area contributed by atoms with Gasteiger partial charge < -0.3 is 9.47 Å². The summed E-state index contributed by atoms with van der Waals surface area (Å²) < 4.78 is 8.43. The van der Waals surface area contributed by atoms with Crippen molar-refractivity contribution < 1.29 is 19.1 Å². The quantitative estimate of drug-likeness (QED) is 0.210. The maximum absolute atomic E-state index is 11.4. The molecule has 0 unspecified atom stereocenters.